The lowest BCUT2D eigenvalue weighted by Gasteiger charge is -2.34. The molecule has 0 unspecified atom stereocenters. The van der Waals surface area contributed by atoms with Crippen molar-refractivity contribution < 1.29 is 9.72 Å². The van der Waals surface area contributed by atoms with E-state index in [9.17, 15) is 14.9 Å². The summed E-state index contributed by atoms with van der Waals surface area (Å²) in [6.45, 7) is 5.70. The Morgan fingerprint density at radius 1 is 1.63 bits per heavy atom. The van der Waals surface area contributed by atoms with Gasteiger partial charge in [0.2, 0.25) is 0 Å². The van der Waals surface area contributed by atoms with Gasteiger partial charge in [-0.15, -0.1) is 0 Å². The lowest BCUT2D eigenvalue weighted by molar-refractivity contribution is -0.385. The van der Waals surface area contributed by atoms with Gasteiger partial charge in [0.05, 0.1) is 16.2 Å². The predicted octanol–water partition coefficient (Wildman–Crippen LogP) is 0.732. The first-order valence-electron chi connectivity index (χ1n) is 6.13. The number of nitrogens with one attached hydrogen (secondary N) is 1. The molecule has 1 saturated heterocycles. The smallest absolute Gasteiger partial charge is 0.288 e. The van der Waals surface area contributed by atoms with E-state index in [0.717, 1.165) is 13.1 Å². The summed E-state index contributed by atoms with van der Waals surface area (Å²) < 4.78 is 0. The zero-order valence-corrected chi connectivity index (χ0v) is 10.9. The molecule has 1 fully saturated rings. The molecule has 19 heavy (non-hydrogen) atoms. The van der Waals surface area contributed by atoms with Crippen LogP contribution in [-0.2, 0) is 0 Å². The predicted molar refractivity (Wildman–Crippen MR) is 69.0 cm³/mol. The lowest BCUT2D eigenvalue weighted by Crippen LogP contribution is -2.52. The number of amides is 1. The van der Waals surface area contributed by atoms with E-state index in [1.807, 2.05) is 6.92 Å². The van der Waals surface area contributed by atoms with Gasteiger partial charge >= 0.3 is 0 Å². The molecule has 0 aromatic carbocycles. The first-order chi connectivity index (χ1) is 9.00. The zero-order chi connectivity index (χ0) is 14.0. The molecule has 1 amide bonds. The van der Waals surface area contributed by atoms with Crippen LogP contribution in [0.25, 0.3) is 0 Å². The quantitative estimate of drug-likeness (QED) is 0.628. The number of hydrogen-bond acceptors (Lipinski definition) is 5. The number of aryl methyl sites for hydroxylation is 1. The third-order valence-electron chi connectivity index (χ3n) is 3.28. The Bertz CT molecular complexity index is 518. The van der Waals surface area contributed by atoms with Gasteiger partial charge in [-0.2, -0.15) is 0 Å². The van der Waals surface area contributed by atoms with E-state index in [2.05, 4.69) is 10.3 Å². The molecule has 1 aromatic heterocycles. The molecule has 0 aliphatic carbocycles. The van der Waals surface area contributed by atoms with Crippen LogP contribution in [-0.4, -0.2) is 46.4 Å². The van der Waals surface area contributed by atoms with Gasteiger partial charge in [-0.3, -0.25) is 19.9 Å². The van der Waals surface area contributed by atoms with E-state index in [1.165, 1.54) is 12.3 Å². The van der Waals surface area contributed by atoms with Crippen LogP contribution in [0.4, 0.5) is 5.69 Å². The van der Waals surface area contributed by atoms with Crippen LogP contribution < -0.4 is 5.32 Å². The van der Waals surface area contributed by atoms with Gasteiger partial charge in [0, 0.05) is 31.7 Å². The molecule has 1 aromatic rings. The molecule has 2 heterocycles. The third kappa shape index (κ3) is 2.70. The molecule has 0 bridgehead atoms. The zero-order valence-electron chi connectivity index (χ0n) is 10.9. The van der Waals surface area contributed by atoms with Crippen molar-refractivity contribution >= 4 is 11.6 Å². The van der Waals surface area contributed by atoms with Crippen molar-refractivity contribution in [2.24, 2.45) is 0 Å². The SMILES string of the molecule is Cc1ncc([N+](=O)[O-])cc1C(=O)N1CCNC[C@@H]1C. The van der Waals surface area contributed by atoms with Crippen LogP contribution in [0, 0.1) is 17.0 Å². The normalized spacial score (nSPS) is 19.3. The summed E-state index contributed by atoms with van der Waals surface area (Å²) in [5.74, 6) is -0.192. The van der Waals surface area contributed by atoms with Gasteiger partial charge in [0.15, 0.2) is 0 Å². The van der Waals surface area contributed by atoms with Crippen LogP contribution in [0.15, 0.2) is 12.3 Å². The topological polar surface area (TPSA) is 88.4 Å². The third-order valence-corrected chi connectivity index (χ3v) is 3.28. The molecule has 0 saturated carbocycles. The van der Waals surface area contributed by atoms with Crippen LogP contribution in [0.1, 0.15) is 23.0 Å². The van der Waals surface area contributed by atoms with Crippen molar-refractivity contribution in [3.05, 3.63) is 33.6 Å². The standard InChI is InChI=1S/C12H16N4O3/c1-8-6-13-3-4-15(8)12(17)11-5-10(16(18)19)7-14-9(11)2/h5,7-8,13H,3-4,6H2,1-2H3/t8-/m0/s1. The van der Waals surface area contributed by atoms with Gasteiger partial charge in [-0.05, 0) is 13.8 Å². The van der Waals surface area contributed by atoms with Crippen LogP contribution in [0.3, 0.4) is 0 Å². The number of hydrogen-bond donors (Lipinski definition) is 1. The molecule has 2 rings (SSSR count). The molecule has 1 N–H and O–H groups in total. The lowest BCUT2D eigenvalue weighted by atomic mass is 10.1. The largest absolute Gasteiger partial charge is 0.333 e. The monoisotopic (exact) mass is 264 g/mol. The summed E-state index contributed by atoms with van der Waals surface area (Å²) in [4.78, 5) is 28.3. The number of rotatable bonds is 2. The maximum Gasteiger partial charge on any atom is 0.288 e. The van der Waals surface area contributed by atoms with Crippen molar-refractivity contribution in [3.63, 3.8) is 0 Å². The summed E-state index contributed by atoms with van der Waals surface area (Å²) in [5.41, 5.74) is 0.668. The summed E-state index contributed by atoms with van der Waals surface area (Å²) in [7, 11) is 0. The average Bonchev–Trinajstić information content (AvgIpc) is 2.38. The second-order valence-electron chi connectivity index (χ2n) is 4.64. The van der Waals surface area contributed by atoms with Crippen LogP contribution >= 0.6 is 0 Å². The summed E-state index contributed by atoms with van der Waals surface area (Å²) in [6, 6.07) is 1.37. The van der Waals surface area contributed by atoms with Gasteiger partial charge in [-0.1, -0.05) is 0 Å². The fourth-order valence-corrected chi connectivity index (χ4v) is 2.14. The average molecular weight is 264 g/mol. The van der Waals surface area contributed by atoms with Gasteiger partial charge in [0.1, 0.15) is 6.20 Å². The molecule has 7 heteroatoms. The number of pyridine rings is 1. The summed E-state index contributed by atoms with van der Waals surface area (Å²) in [5, 5.41) is 14.0. The van der Waals surface area contributed by atoms with Crippen molar-refractivity contribution in [2.75, 3.05) is 19.6 Å². The van der Waals surface area contributed by atoms with Crippen LogP contribution in [0.5, 0.6) is 0 Å². The Morgan fingerprint density at radius 2 is 2.37 bits per heavy atom. The molecule has 1 aliphatic rings. The fraction of sp³-hybridized carbons (Fsp3) is 0.500. The number of nitrogens with zero attached hydrogens (tertiary/aromatic N) is 3. The number of carbonyl (C=O) groups is 1. The van der Waals surface area contributed by atoms with E-state index in [1.54, 1.807) is 11.8 Å². The minimum atomic E-state index is -0.537. The van der Waals surface area contributed by atoms with Crippen molar-refractivity contribution in [1.29, 1.82) is 0 Å². The molecule has 7 nitrogen and oxygen atoms in total. The van der Waals surface area contributed by atoms with Gasteiger partial charge in [0.25, 0.3) is 11.6 Å². The van der Waals surface area contributed by atoms with Crippen molar-refractivity contribution in [2.45, 2.75) is 19.9 Å². The van der Waals surface area contributed by atoms with E-state index in [4.69, 9.17) is 0 Å². The first kappa shape index (κ1) is 13.4. The summed E-state index contributed by atoms with van der Waals surface area (Å²) in [6.07, 6.45) is 1.17. The molecule has 0 spiro atoms. The Labute approximate surface area is 110 Å². The number of nitro groups is 1. The first-order valence-corrected chi connectivity index (χ1v) is 6.13. The summed E-state index contributed by atoms with van der Waals surface area (Å²) >= 11 is 0. The van der Waals surface area contributed by atoms with Crippen molar-refractivity contribution in [1.82, 2.24) is 15.2 Å². The van der Waals surface area contributed by atoms with Crippen LogP contribution in [0.2, 0.25) is 0 Å². The Hall–Kier alpha value is -2.02. The molecular formula is C12H16N4O3. The fourth-order valence-electron chi connectivity index (χ4n) is 2.14. The minimum Gasteiger partial charge on any atom is -0.333 e. The van der Waals surface area contributed by atoms with E-state index < -0.39 is 4.92 Å². The number of aromatic nitrogens is 1. The Morgan fingerprint density at radius 3 is 3.00 bits per heavy atom. The Balaban J connectivity index is 2.32. The van der Waals surface area contributed by atoms with E-state index in [0.29, 0.717) is 17.8 Å². The highest BCUT2D eigenvalue weighted by Gasteiger charge is 2.26. The molecule has 1 atom stereocenters. The highest BCUT2D eigenvalue weighted by Crippen LogP contribution is 2.18. The molecule has 102 valence electrons. The number of piperazine rings is 1. The second-order valence-corrected chi connectivity index (χ2v) is 4.64. The van der Waals surface area contributed by atoms with Gasteiger partial charge in [-0.25, -0.2) is 0 Å². The minimum absolute atomic E-state index is 0.0694. The molecule has 0 radical (unpaired) electrons. The highest BCUT2D eigenvalue weighted by atomic mass is 16.6. The molecule has 1 aliphatic heterocycles. The van der Waals surface area contributed by atoms with Crippen molar-refractivity contribution in [3.8, 4) is 0 Å². The van der Waals surface area contributed by atoms with Gasteiger partial charge < -0.3 is 10.2 Å². The number of carbonyl (C=O) groups excluding carboxylic acids is 1. The highest BCUT2D eigenvalue weighted by molar-refractivity contribution is 5.96. The van der Waals surface area contributed by atoms with E-state index >= 15 is 0 Å². The maximum atomic E-state index is 12.4. The van der Waals surface area contributed by atoms with E-state index in [-0.39, 0.29) is 17.6 Å². The Kier molecular flexibility index (Phi) is 3.75. The second kappa shape index (κ2) is 5.31. The maximum absolute atomic E-state index is 12.4. The molecular weight excluding hydrogens is 248 g/mol.